The summed E-state index contributed by atoms with van der Waals surface area (Å²) in [6, 6.07) is 5.72. The summed E-state index contributed by atoms with van der Waals surface area (Å²) in [4.78, 5) is 1.91. The average Bonchev–Trinajstić information content (AvgIpc) is 2.20. The standard InChI is InChI=1S/C10H13N3O2/c14-5-3-13(4-6-15)8-1-2-9-10(7-8)12-11-9/h1-2,7,14-15H,3-6H2. The molecule has 0 unspecified atom stereocenters. The minimum atomic E-state index is 0.0681. The molecule has 80 valence electrons. The molecule has 5 nitrogen and oxygen atoms in total. The summed E-state index contributed by atoms with van der Waals surface area (Å²) >= 11 is 0. The number of anilines is 1. The fraction of sp³-hybridized carbons (Fsp3) is 0.400. The van der Waals surface area contributed by atoms with Crippen LogP contribution < -0.4 is 4.90 Å². The molecule has 0 radical (unpaired) electrons. The van der Waals surface area contributed by atoms with E-state index in [1.54, 1.807) is 0 Å². The van der Waals surface area contributed by atoms with E-state index in [4.69, 9.17) is 10.2 Å². The third-order valence-corrected chi connectivity index (χ3v) is 2.33. The molecule has 0 aromatic heterocycles. The Morgan fingerprint density at radius 1 is 1.00 bits per heavy atom. The molecule has 0 saturated heterocycles. The highest BCUT2D eigenvalue weighted by Gasteiger charge is 2.12. The number of nitrogens with zero attached hydrogens (tertiary/aromatic N) is 3. The number of azo groups is 1. The molecule has 0 fully saturated rings. The zero-order valence-corrected chi connectivity index (χ0v) is 8.30. The largest absolute Gasteiger partial charge is 0.395 e. The molecule has 0 bridgehead atoms. The Bertz CT molecular complexity index is 373. The molecule has 15 heavy (non-hydrogen) atoms. The summed E-state index contributed by atoms with van der Waals surface area (Å²) < 4.78 is 0. The first kappa shape index (κ1) is 10.1. The van der Waals surface area contributed by atoms with Crippen LogP contribution in [0.25, 0.3) is 0 Å². The third kappa shape index (κ3) is 1.98. The van der Waals surface area contributed by atoms with Crippen LogP contribution in [0.1, 0.15) is 0 Å². The Morgan fingerprint density at radius 3 is 2.13 bits per heavy atom. The normalized spacial score (nSPS) is 12.1. The second-order valence-corrected chi connectivity index (χ2v) is 3.31. The minimum absolute atomic E-state index is 0.0681. The molecule has 0 saturated carbocycles. The molecule has 0 aliphatic carbocycles. The zero-order valence-electron chi connectivity index (χ0n) is 8.30. The summed E-state index contributed by atoms with van der Waals surface area (Å²) in [5, 5.41) is 25.5. The fourth-order valence-corrected chi connectivity index (χ4v) is 1.55. The van der Waals surface area contributed by atoms with Crippen LogP contribution in [0.4, 0.5) is 17.1 Å². The van der Waals surface area contributed by atoms with Gasteiger partial charge in [-0.1, -0.05) is 0 Å². The number of hydrogen-bond acceptors (Lipinski definition) is 5. The van der Waals surface area contributed by atoms with E-state index in [2.05, 4.69) is 10.2 Å². The lowest BCUT2D eigenvalue weighted by atomic mass is 10.2. The number of aliphatic hydroxyl groups is 2. The smallest absolute Gasteiger partial charge is 0.115 e. The van der Waals surface area contributed by atoms with Crippen LogP contribution in [0, 0.1) is 0 Å². The van der Waals surface area contributed by atoms with Crippen molar-refractivity contribution in [2.75, 3.05) is 31.2 Å². The van der Waals surface area contributed by atoms with Gasteiger partial charge in [-0.05, 0) is 18.2 Å². The van der Waals surface area contributed by atoms with Crippen LogP contribution in [0.3, 0.4) is 0 Å². The maximum atomic E-state index is 8.90. The molecule has 0 amide bonds. The summed E-state index contributed by atoms with van der Waals surface area (Å²) in [5.74, 6) is 0. The number of rotatable bonds is 5. The van der Waals surface area contributed by atoms with E-state index in [0.717, 1.165) is 17.1 Å². The molecule has 2 rings (SSSR count). The first-order valence-corrected chi connectivity index (χ1v) is 4.87. The zero-order chi connectivity index (χ0) is 10.7. The van der Waals surface area contributed by atoms with Gasteiger partial charge in [-0.15, -0.1) is 10.2 Å². The van der Waals surface area contributed by atoms with Gasteiger partial charge in [0, 0.05) is 18.8 Å². The second kappa shape index (κ2) is 4.37. The molecule has 1 aromatic carbocycles. The van der Waals surface area contributed by atoms with Gasteiger partial charge in [-0.3, -0.25) is 0 Å². The Kier molecular flexibility index (Phi) is 2.94. The average molecular weight is 207 g/mol. The van der Waals surface area contributed by atoms with Gasteiger partial charge in [-0.2, -0.15) is 0 Å². The van der Waals surface area contributed by atoms with Crippen molar-refractivity contribution in [3.63, 3.8) is 0 Å². The molecular formula is C10H13N3O2. The van der Waals surface area contributed by atoms with E-state index in [-0.39, 0.29) is 13.2 Å². The number of benzene rings is 1. The van der Waals surface area contributed by atoms with E-state index in [9.17, 15) is 0 Å². The van der Waals surface area contributed by atoms with Crippen molar-refractivity contribution in [3.05, 3.63) is 18.2 Å². The van der Waals surface area contributed by atoms with Crippen molar-refractivity contribution in [2.45, 2.75) is 0 Å². The topological polar surface area (TPSA) is 68.4 Å². The fourth-order valence-electron chi connectivity index (χ4n) is 1.55. The maximum absolute atomic E-state index is 8.90. The van der Waals surface area contributed by atoms with E-state index < -0.39 is 0 Å². The summed E-state index contributed by atoms with van der Waals surface area (Å²) in [6.45, 7) is 1.16. The summed E-state index contributed by atoms with van der Waals surface area (Å²) in [5.41, 5.74) is 2.72. The SMILES string of the molecule is OCCN(CCO)c1ccc2c(c1)N=N2. The van der Waals surface area contributed by atoms with E-state index in [1.807, 2.05) is 23.1 Å². The lowest BCUT2D eigenvalue weighted by Gasteiger charge is -2.24. The molecule has 0 atom stereocenters. The van der Waals surface area contributed by atoms with Crippen molar-refractivity contribution in [1.29, 1.82) is 0 Å². The second-order valence-electron chi connectivity index (χ2n) is 3.31. The number of fused-ring (bicyclic) bond motifs is 1. The Labute approximate surface area is 87.7 Å². The van der Waals surface area contributed by atoms with Crippen LogP contribution in [-0.4, -0.2) is 36.5 Å². The third-order valence-electron chi connectivity index (χ3n) is 2.33. The first-order chi connectivity index (χ1) is 7.35. The highest BCUT2D eigenvalue weighted by Crippen LogP contribution is 2.39. The predicted molar refractivity (Wildman–Crippen MR) is 57.0 cm³/mol. The highest BCUT2D eigenvalue weighted by molar-refractivity contribution is 5.72. The Balaban J connectivity index is 2.15. The molecule has 0 spiro atoms. The van der Waals surface area contributed by atoms with Crippen molar-refractivity contribution < 1.29 is 10.2 Å². The van der Waals surface area contributed by atoms with Gasteiger partial charge >= 0.3 is 0 Å². The number of hydrogen-bond donors (Lipinski definition) is 2. The van der Waals surface area contributed by atoms with Crippen molar-refractivity contribution in [3.8, 4) is 0 Å². The molecule has 5 heteroatoms. The van der Waals surface area contributed by atoms with E-state index in [0.29, 0.717) is 13.1 Å². The monoisotopic (exact) mass is 207 g/mol. The van der Waals surface area contributed by atoms with Gasteiger partial charge in [-0.25, -0.2) is 0 Å². The quantitative estimate of drug-likeness (QED) is 0.774. The van der Waals surface area contributed by atoms with Gasteiger partial charge < -0.3 is 15.1 Å². The minimum Gasteiger partial charge on any atom is -0.395 e. The van der Waals surface area contributed by atoms with Gasteiger partial charge in [0.2, 0.25) is 0 Å². The summed E-state index contributed by atoms with van der Waals surface area (Å²) in [6.07, 6.45) is 0. The van der Waals surface area contributed by atoms with Crippen molar-refractivity contribution >= 4 is 17.1 Å². The molecular weight excluding hydrogens is 194 g/mol. The van der Waals surface area contributed by atoms with Gasteiger partial charge in [0.05, 0.1) is 13.2 Å². The van der Waals surface area contributed by atoms with Crippen molar-refractivity contribution in [2.24, 2.45) is 10.2 Å². The van der Waals surface area contributed by atoms with Crippen molar-refractivity contribution in [1.82, 2.24) is 0 Å². The van der Waals surface area contributed by atoms with Crippen LogP contribution in [-0.2, 0) is 0 Å². The van der Waals surface area contributed by atoms with E-state index in [1.165, 1.54) is 0 Å². The highest BCUT2D eigenvalue weighted by atomic mass is 16.3. The summed E-state index contributed by atoms with van der Waals surface area (Å²) in [7, 11) is 0. The Morgan fingerprint density at radius 2 is 1.67 bits per heavy atom. The molecule has 1 aromatic rings. The van der Waals surface area contributed by atoms with Gasteiger partial charge in [0.1, 0.15) is 11.4 Å². The van der Waals surface area contributed by atoms with Gasteiger partial charge in [0.15, 0.2) is 0 Å². The lowest BCUT2D eigenvalue weighted by Crippen LogP contribution is -2.29. The van der Waals surface area contributed by atoms with Crippen LogP contribution in [0.2, 0.25) is 0 Å². The maximum Gasteiger partial charge on any atom is 0.115 e. The molecule has 2 N–H and O–H groups in total. The van der Waals surface area contributed by atoms with Crippen LogP contribution in [0.15, 0.2) is 28.4 Å². The Hall–Kier alpha value is -1.46. The number of aliphatic hydroxyl groups excluding tert-OH is 2. The predicted octanol–water partition coefficient (Wildman–Crippen LogP) is 1.21. The van der Waals surface area contributed by atoms with Crippen LogP contribution >= 0.6 is 0 Å². The molecule has 1 heterocycles. The van der Waals surface area contributed by atoms with Gasteiger partial charge in [0.25, 0.3) is 0 Å². The molecule has 1 aliphatic rings. The first-order valence-electron chi connectivity index (χ1n) is 4.87. The molecule has 1 aliphatic heterocycles. The van der Waals surface area contributed by atoms with E-state index >= 15 is 0 Å². The lowest BCUT2D eigenvalue weighted by molar-refractivity contribution is 0.281. The van der Waals surface area contributed by atoms with Crippen LogP contribution in [0.5, 0.6) is 0 Å².